The standard InChI is InChI=1S/C10H15N3O4S/c1-3-13(7-10(15)11-2)18(16,17)9-6-12-5-4-8(9)14/h4-6H,3,7H2,1-2H3,(H,11,15)(H,12,14). The number of sulfonamides is 1. The minimum absolute atomic E-state index is 0.101. The maximum atomic E-state index is 12.2. The van der Waals surface area contributed by atoms with Gasteiger partial charge in [-0.05, 0) is 0 Å². The predicted octanol–water partition coefficient (Wildman–Crippen LogP) is -0.868. The number of carbonyl (C=O) groups excluding carboxylic acids is 1. The van der Waals surface area contributed by atoms with Crippen molar-refractivity contribution in [3.05, 3.63) is 28.7 Å². The number of hydrogen-bond acceptors (Lipinski definition) is 4. The highest BCUT2D eigenvalue weighted by atomic mass is 32.2. The molecule has 0 saturated heterocycles. The van der Waals surface area contributed by atoms with Crippen LogP contribution in [0.25, 0.3) is 0 Å². The molecule has 8 heteroatoms. The summed E-state index contributed by atoms with van der Waals surface area (Å²) in [4.78, 5) is 24.9. The second-order valence-electron chi connectivity index (χ2n) is 3.48. The highest BCUT2D eigenvalue weighted by Gasteiger charge is 2.27. The summed E-state index contributed by atoms with van der Waals surface area (Å²) in [6.07, 6.45) is 2.46. The first-order valence-corrected chi connectivity index (χ1v) is 6.75. The van der Waals surface area contributed by atoms with Crippen molar-refractivity contribution in [2.45, 2.75) is 11.8 Å². The molecule has 1 amide bonds. The molecular weight excluding hydrogens is 258 g/mol. The number of aromatic nitrogens is 1. The van der Waals surface area contributed by atoms with Crippen LogP contribution in [0.5, 0.6) is 0 Å². The molecule has 0 bridgehead atoms. The number of pyridine rings is 1. The van der Waals surface area contributed by atoms with Gasteiger partial charge in [0.1, 0.15) is 4.90 Å². The van der Waals surface area contributed by atoms with Gasteiger partial charge in [-0.2, -0.15) is 4.31 Å². The Morgan fingerprint density at radius 1 is 1.50 bits per heavy atom. The summed E-state index contributed by atoms with van der Waals surface area (Å²) >= 11 is 0. The Hall–Kier alpha value is -1.67. The first-order valence-electron chi connectivity index (χ1n) is 5.31. The molecule has 0 aliphatic rings. The molecule has 1 aromatic rings. The van der Waals surface area contributed by atoms with E-state index in [1.807, 2.05) is 0 Å². The van der Waals surface area contributed by atoms with E-state index in [1.54, 1.807) is 6.92 Å². The highest BCUT2D eigenvalue weighted by molar-refractivity contribution is 7.89. The summed E-state index contributed by atoms with van der Waals surface area (Å²) in [7, 11) is -2.54. The van der Waals surface area contributed by atoms with E-state index < -0.39 is 21.4 Å². The first kappa shape index (κ1) is 14.4. The Labute approximate surface area is 105 Å². The monoisotopic (exact) mass is 273 g/mol. The molecule has 1 aromatic heterocycles. The molecule has 100 valence electrons. The fourth-order valence-electron chi connectivity index (χ4n) is 1.35. The van der Waals surface area contributed by atoms with Gasteiger partial charge in [-0.25, -0.2) is 8.42 Å². The summed E-state index contributed by atoms with van der Waals surface area (Å²) in [5, 5.41) is 2.34. The zero-order chi connectivity index (χ0) is 13.8. The Balaban J connectivity index is 3.16. The van der Waals surface area contributed by atoms with Crippen LogP contribution in [0.2, 0.25) is 0 Å². The number of nitrogens with one attached hydrogen (secondary N) is 2. The van der Waals surface area contributed by atoms with Gasteiger partial charge in [0.2, 0.25) is 21.4 Å². The third-order valence-corrected chi connectivity index (χ3v) is 4.30. The average Bonchev–Trinajstić information content (AvgIpc) is 2.35. The fraction of sp³-hybridized carbons (Fsp3) is 0.400. The predicted molar refractivity (Wildman–Crippen MR) is 65.6 cm³/mol. The van der Waals surface area contributed by atoms with E-state index >= 15 is 0 Å². The number of hydrogen-bond donors (Lipinski definition) is 2. The zero-order valence-corrected chi connectivity index (χ0v) is 11.0. The van der Waals surface area contributed by atoms with Crippen LogP contribution in [0.3, 0.4) is 0 Å². The molecular formula is C10H15N3O4S. The Morgan fingerprint density at radius 2 is 2.17 bits per heavy atom. The van der Waals surface area contributed by atoms with Crippen LogP contribution >= 0.6 is 0 Å². The Bertz CT molecular complexity index is 579. The topological polar surface area (TPSA) is 99.3 Å². The van der Waals surface area contributed by atoms with Crippen LogP contribution in [-0.2, 0) is 14.8 Å². The van der Waals surface area contributed by atoms with E-state index in [4.69, 9.17) is 0 Å². The van der Waals surface area contributed by atoms with Gasteiger partial charge in [-0.15, -0.1) is 0 Å². The molecule has 7 nitrogen and oxygen atoms in total. The van der Waals surface area contributed by atoms with Crippen LogP contribution < -0.4 is 10.7 Å². The minimum atomic E-state index is -3.96. The molecule has 1 heterocycles. The lowest BCUT2D eigenvalue weighted by atomic mass is 10.5. The molecule has 0 spiro atoms. The molecule has 2 N–H and O–H groups in total. The summed E-state index contributed by atoms with van der Waals surface area (Å²) in [5.41, 5.74) is -0.607. The maximum absolute atomic E-state index is 12.2. The second kappa shape index (κ2) is 5.78. The smallest absolute Gasteiger partial charge is 0.248 e. The number of H-pyrrole nitrogens is 1. The summed E-state index contributed by atoms with van der Waals surface area (Å²) in [5.74, 6) is -0.437. The van der Waals surface area contributed by atoms with E-state index in [2.05, 4.69) is 10.3 Å². The molecule has 0 aliphatic heterocycles. The van der Waals surface area contributed by atoms with Gasteiger partial charge in [0.15, 0.2) is 0 Å². The largest absolute Gasteiger partial charge is 0.366 e. The minimum Gasteiger partial charge on any atom is -0.366 e. The van der Waals surface area contributed by atoms with Gasteiger partial charge in [0, 0.05) is 32.1 Å². The van der Waals surface area contributed by atoms with Gasteiger partial charge in [0.05, 0.1) is 6.54 Å². The van der Waals surface area contributed by atoms with Crippen LogP contribution in [0, 0.1) is 0 Å². The van der Waals surface area contributed by atoms with Crippen molar-refractivity contribution >= 4 is 15.9 Å². The lowest BCUT2D eigenvalue weighted by Gasteiger charge is -2.18. The summed E-state index contributed by atoms with van der Waals surface area (Å²) in [6.45, 7) is 1.38. The summed E-state index contributed by atoms with van der Waals surface area (Å²) < 4.78 is 25.3. The normalized spacial score (nSPS) is 11.5. The van der Waals surface area contributed by atoms with Gasteiger partial charge in [-0.3, -0.25) is 9.59 Å². The van der Waals surface area contributed by atoms with Crippen LogP contribution in [0.15, 0.2) is 28.2 Å². The zero-order valence-electron chi connectivity index (χ0n) is 10.1. The SMILES string of the molecule is CCN(CC(=O)NC)S(=O)(=O)c1c[nH]ccc1=O. The van der Waals surface area contributed by atoms with E-state index in [0.29, 0.717) is 0 Å². The fourth-order valence-corrected chi connectivity index (χ4v) is 2.79. The molecule has 18 heavy (non-hydrogen) atoms. The molecule has 1 rings (SSSR count). The van der Waals surface area contributed by atoms with Crippen molar-refractivity contribution in [1.29, 1.82) is 0 Å². The molecule has 0 atom stereocenters. The van der Waals surface area contributed by atoms with Crippen LogP contribution in [0.4, 0.5) is 0 Å². The lowest BCUT2D eigenvalue weighted by molar-refractivity contribution is -0.120. The van der Waals surface area contributed by atoms with E-state index in [9.17, 15) is 18.0 Å². The Morgan fingerprint density at radius 3 is 2.67 bits per heavy atom. The lowest BCUT2D eigenvalue weighted by Crippen LogP contribution is -2.40. The average molecular weight is 273 g/mol. The molecule has 0 radical (unpaired) electrons. The van der Waals surface area contributed by atoms with Gasteiger partial charge >= 0.3 is 0 Å². The van der Waals surface area contributed by atoms with Crippen LogP contribution in [-0.4, -0.2) is 43.8 Å². The quantitative estimate of drug-likeness (QED) is 0.728. The van der Waals surface area contributed by atoms with Gasteiger partial charge in [0.25, 0.3) is 0 Å². The summed E-state index contributed by atoms with van der Waals surface area (Å²) in [6, 6.07) is 1.13. The third kappa shape index (κ3) is 2.96. The van der Waals surface area contributed by atoms with Crippen LogP contribution in [0.1, 0.15) is 6.92 Å². The first-order chi connectivity index (χ1) is 8.43. The number of rotatable bonds is 5. The van der Waals surface area contributed by atoms with Crippen molar-refractivity contribution in [1.82, 2.24) is 14.6 Å². The van der Waals surface area contributed by atoms with Crippen molar-refractivity contribution in [2.75, 3.05) is 20.1 Å². The van der Waals surface area contributed by atoms with Crippen molar-refractivity contribution < 1.29 is 13.2 Å². The molecule has 0 saturated carbocycles. The Kier molecular flexibility index (Phi) is 4.62. The number of nitrogens with zero attached hydrogens (tertiary/aromatic N) is 1. The number of likely N-dealkylation sites (N-methyl/N-ethyl adjacent to an activating group) is 2. The van der Waals surface area contributed by atoms with E-state index in [0.717, 1.165) is 16.6 Å². The van der Waals surface area contributed by atoms with Crippen molar-refractivity contribution in [3.8, 4) is 0 Å². The number of carbonyl (C=O) groups is 1. The molecule has 0 aliphatic carbocycles. The maximum Gasteiger partial charge on any atom is 0.248 e. The second-order valence-corrected chi connectivity index (χ2v) is 5.38. The van der Waals surface area contributed by atoms with Crippen molar-refractivity contribution in [2.24, 2.45) is 0 Å². The van der Waals surface area contributed by atoms with Crippen molar-refractivity contribution in [3.63, 3.8) is 0 Å². The van der Waals surface area contributed by atoms with Gasteiger partial charge in [-0.1, -0.05) is 6.92 Å². The number of amides is 1. The van der Waals surface area contributed by atoms with Gasteiger partial charge < -0.3 is 10.3 Å². The molecule has 0 aromatic carbocycles. The van der Waals surface area contributed by atoms with E-state index in [1.165, 1.54) is 13.2 Å². The molecule has 0 unspecified atom stereocenters. The van der Waals surface area contributed by atoms with E-state index in [-0.39, 0.29) is 18.0 Å². The molecule has 0 fully saturated rings. The number of aromatic amines is 1. The highest BCUT2D eigenvalue weighted by Crippen LogP contribution is 2.09. The third-order valence-electron chi connectivity index (χ3n) is 2.36.